The highest BCUT2D eigenvalue weighted by atomic mass is 16.1. The van der Waals surface area contributed by atoms with Crippen molar-refractivity contribution in [2.75, 3.05) is 31.1 Å². The van der Waals surface area contributed by atoms with Gasteiger partial charge in [0.25, 0.3) is 0 Å². The maximum atomic E-state index is 11.4. The lowest BCUT2D eigenvalue weighted by Gasteiger charge is -2.35. The minimum Gasteiger partial charge on any atom is -0.354 e. The predicted octanol–water partition coefficient (Wildman–Crippen LogP) is 2.19. The smallest absolute Gasteiger partial charge is 0.161 e. The molecule has 0 saturated carbocycles. The highest BCUT2D eigenvalue weighted by molar-refractivity contribution is 5.93. The molecule has 1 fully saturated rings. The molecule has 0 atom stereocenters. The molecule has 1 aliphatic rings. The van der Waals surface area contributed by atoms with E-state index in [9.17, 15) is 4.79 Å². The lowest BCUT2D eigenvalue weighted by Crippen LogP contribution is -2.46. The summed E-state index contributed by atoms with van der Waals surface area (Å²) < 4.78 is 1.76. The van der Waals surface area contributed by atoms with Crippen molar-refractivity contribution >= 4 is 11.6 Å². The SMILES string of the molecule is CC(=O)c1ccc(N2CCN(Cc3ccc(-n4cncn4)cc3)CC2)nc1. The Kier molecular flexibility index (Phi) is 4.93. The minimum absolute atomic E-state index is 0.0497. The van der Waals surface area contributed by atoms with Crippen LogP contribution in [0.1, 0.15) is 22.8 Å². The molecule has 0 amide bonds. The fraction of sp³-hybridized carbons (Fsp3) is 0.300. The van der Waals surface area contributed by atoms with Crippen LogP contribution in [-0.2, 0) is 6.54 Å². The molecular formula is C20H22N6O. The summed E-state index contributed by atoms with van der Waals surface area (Å²) >= 11 is 0. The normalized spacial score (nSPS) is 15.1. The van der Waals surface area contributed by atoms with Gasteiger partial charge in [0.15, 0.2) is 5.78 Å². The van der Waals surface area contributed by atoms with E-state index in [1.807, 2.05) is 12.1 Å². The molecule has 0 N–H and O–H groups in total. The van der Waals surface area contributed by atoms with Crippen LogP contribution in [-0.4, -0.2) is 56.6 Å². The van der Waals surface area contributed by atoms with Gasteiger partial charge in [-0.2, -0.15) is 5.10 Å². The third kappa shape index (κ3) is 4.03. The zero-order valence-corrected chi connectivity index (χ0v) is 15.3. The van der Waals surface area contributed by atoms with E-state index in [4.69, 9.17) is 0 Å². The molecule has 4 rings (SSSR count). The summed E-state index contributed by atoms with van der Waals surface area (Å²) in [5.41, 5.74) is 2.96. The number of hydrogen-bond donors (Lipinski definition) is 0. The Morgan fingerprint density at radius 3 is 2.41 bits per heavy atom. The van der Waals surface area contributed by atoms with Gasteiger partial charge in [-0.25, -0.2) is 14.6 Å². The van der Waals surface area contributed by atoms with Gasteiger partial charge >= 0.3 is 0 Å². The monoisotopic (exact) mass is 362 g/mol. The van der Waals surface area contributed by atoms with Crippen LogP contribution in [0.5, 0.6) is 0 Å². The Balaban J connectivity index is 1.32. The number of rotatable bonds is 5. The molecule has 138 valence electrons. The molecule has 7 heteroatoms. The summed E-state index contributed by atoms with van der Waals surface area (Å²) in [7, 11) is 0. The number of benzene rings is 1. The summed E-state index contributed by atoms with van der Waals surface area (Å²) in [5.74, 6) is 0.991. The van der Waals surface area contributed by atoms with E-state index < -0.39 is 0 Å². The molecular weight excluding hydrogens is 340 g/mol. The second-order valence-electron chi connectivity index (χ2n) is 6.73. The Labute approximate surface area is 158 Å². The molecule has 7 nitrogen and oxygen atoms in total. The summed E-state index contributed by atoms with van der Waals surface area (Å²) in [4.78, 5) is 24.5. The van der Waals surface area contributed by atoms with Crippen molar-refractivity contribution in [3.05, 3.63) is 66.4 Å². The Morgan fingerprint density at radius 2 is 1.81 bits per heavy atom. The Bertz CT molecular complexity index is 881. The fourth-order valence-electron chi connectivity index (χ4n) is 3.27. The molecule has 0 bridgehead atoms. The van der Waals surface area contributed by atoms with Crippen LogP contribution >= 0.6 is 0 Å². The van der Waals surface area contributed by atoms with Crippen LogP contribution < -0.4 is 4.90 Å². The van der Waals surface area contributed by atoms with E-state index in [2.05, 4.69) is 49.1 Å². The highest BCUT2D eigenvalue weighted by Crippen LogP contribution is 2.16. The number of carbonyl (C=O) groups excluding carboxylic acids is 1. The maximum Gasteiger partial charge on any atom is 0.161 e. The second kappa shape index (κ2) is 7.67. The van der Waals surface area contributed by atoms with E-state index in [-0.39, 0.29) is 5.78 Å². The number of pyridine rings is 1. The van der Waals surface area contributed by atoms with Crippen LogP contribution in [0.25, 0.3) is 5.69 Å². The van der Waals surface area contributed by atoms with Crippen molar-refractivity contribution < 1.29 is 4.79 Å². The Morgan fingerprint density at radius 1 is 1.04 bits per heavy atom. The van der Waals surface area contributed by atoms with Crippen molar-refractivity contribution in [3.63, 3.8) is 0 Å². The third-order valence-electron chi connectivity index (χ3n) is 4.88. The van der Waals surface area contributed by atoms with Crippen LogP contribution in [0, 0.1) is 0 Å². The molecule has 0 radical (unpaired) electrons. The number of anilines is 1. The lowest BCUT2D eigenvalue weighted by molar-refractivity contribution is 0.101. The first-order valence-electron chi connectivity index (χ1n) is 9.07. The largest absolute Gasteiger partial charge is 0.354 e. The highest BCUT2D eigenvalue weighted by Gasteiger charge is 2.18. The molecule has 0 unspecified atom stereocenters. The van der Waals surface area contributed by atoms with Gasteiger partial charge in [0.1, 0.15) is 18.5 Å². The quantitative estimate of drug-likeness (QED) is 0.648. The first-order chi connectivity index (χ1) is 13.2. The number of Topliss-reactive ketones (excluding diaryl/α,β-unsaturated/α-hetero) is 1. The van der Waals surface area contributed by atoms with Crippen molar-refractivity contribution in [1.29, 1.82) is 0 Å². The number of ketones is 1. The molecule has 0 aliphatic carbocycles. The van der Waals surface area contributed by atoms with Gasteiger partial charge in [-0.1, -0.05) is 12.1 Å². The summed E-state index contributed by atoms with van der Waals surface area (Å²) in [6.07, 6.45) is 4.90. The van der Waals surface area contributed by atoms with Gasteiger partial charge in [-0.3, -0.25) is 9.69 Å². The van der Waals surface area contributed by atoms with Gasteiger partial charge in [-0.05, 0) is 36.8 Å². The number of nitrogens with zero attached hydrogens (tertiary/aromatic N) is 6. The standard InChI is InChI=1S/C20H22N6O/c1-16(27)18-4-7-20(22-12-18)25-10-8-24(9-11-25)13-17-2-5-19(6-3-17)26-15-21-14-23-26/h2-7,12,14-15H,8-11,13H2,1H3. The van der Waals surface area contributed by atoms with Gasteiger partial charge in [0.2, 0.25) is 0 Å². The maximum absolute atomic E-state index is 11.4. The van der Waals surface area contributed by atoms with Gasteiger partial charge < -0.3 is 4.90 Å². The Hall–Kier alpha value is -3.06. The molecule has 3 aromatic rings. The molecule has 1 saturated heterocycles. The zero-order chi connectivity index (χ0) is 18.6. The number of aromatic nitrogens is 4. The zero-order valence-electron chi connectivity index (χ0n) is 15.3. The average molecular weight is 362 g/mol. The second-order valence-corrected chi connectivity index (χ2v) is 6.73. The number of hydrogen-bond acceptors (Lipinski definition) is 6. The number of carbonyl (C=O) groups is 1. The van der Waals surface area contributed by atoms with E-state index in [1.54, 1.807) is 24.1 Å². The summed E-state index contributed by atoms with van der Waals surface area (Å²) in [5, 5.41) is 4.15. The van der Waals surface area contributed by atoms with Gasteiger partial charge in [-0.15, -0.1) is 0 Å². The van der Waals surface area contributed by atoms with E-state index in [1.165, 1.54) is 11.9 Å². The van der Waals surface area contributed by atoms with Crippen molar-refractivity contribution in [1.82, 2.24) is 24.6 Å². The lowest BCUT2D eigenvalue weighted by atomic mass is 10.1. The van der Waals surface area contributed by atoms with Crippen LogP contribution in [0.3, 0.4) is 0 Å². The van der Waals surface area contributed by atoms with Crippen molar-refractivity contribution in [2.45, 2.75) is 13.5 Å². The molecule has 3 heterocycles. The predicted molar refractivity (Wildman–Crippen MR) is 103 cm³/mol. The third-order valence-corrected chi connectivity index (χ3v) is 4.88. The van der Waals surface area contributed by atoms with E-state index >= 15 is 0 Å². The molecule has 0 spiro atoms. The van der Waals surface area contributed by atoms with E-state index in [0.29, 0.717) is 5.56 Å². The molecule has 1 aromatic carbocycles. The van der Waals surface area contributed by atoms with Crippen LogP contribution in [0.15, 0.2) is 55.2 Å². The molecule has 2 aromatic heterocycles. The van der Waals surface area contributed by atoms with E-state index in [0.717, 1.165) is 44.2 Å². The van der Waals surface area contributed by atoms with Crippen LogP contribution in [0.4, 0.5) is 5.82 Å². The first kappa shape index (κ1) is 17.4. The summed E-state index contributed by atoms with van der Waals surface area (Å²) in [6.45, 7) is 6.34. The average Bonchev–Trinajstić information content (AvgIpc) is 3.24. The van der Waals surface area contributed by atoms with Crippen molar-refractivity contribution in [3.8, 4) is 5.69 Å². The number of piperazine rings is 1. The summed E-state index contributed by atoms with van der Waals surface area (Å²) in [6, 6.07) is 12.2. The molecule has 1 aliphatic heterocycles. The topological polar surface area (TPSA) is 67.2 Å². The van der Waals surface area contributed by atoms with Crippen molar-refractivity contribution in [2.24, 2.45) is 0 Å². The minimum atomic E-state index is 0.0497. The van der Waals surface area contributed by atoms with Crippen LogP contribution in [0.2, 0.25) is 0 Å². The molecule has 27 heavy (non-hydrogen) atoms. The first-order valence-corrected chi connectivity index (χ1v) is 9.07. The fourth-order valence-corrected chi connectivity index (χ4v) is 3.27. The van der Waals surface area contributed by atoms with Gasteiger partial charge in [0, 0.05) is 44.5 Å². The van der Waals surface area contributed by atoms with Gasteiger partial charge in [0.05, 0.1) is 5.69 Å².